The number of hydrogen-bond acceptors (Lipinski definition) is 5. The molecule has 0 aliphatic heterocycles. The van der Waals surface area contributed by atoms with Crippen molar-refractivity contribution in [2.75, 3.05) is 18.0 Å². The highest BCUT2D eigenvalue weighted by atomic mass is 35.5. The van der Waals surface area contributed by atoms with Crippen LogP contribution in [0.4, 0.5) is 5.69 Å². The summed E-state index contributed by atoms with van der Waals surface area (Å²) in [6.45, 7) is 10.1. The van der Waals surface area contributed by atoms with E-state index in [-0.39, 0.29) is 0 Å². The zero-order chi connectivity index (χ0) is 18.6. The third-order valence-electron chi connectivity index (χ3n) is 3.72. The number of fused-ring (bicyclic) bond motifs is 1. The van der Waals surface area contributed by atoms with Crippen LogP contribution in [-0.4, -0.2) is 25.0 Å². The summed E-state index contributed by atoms with van der Waals surface area (Å²) in [6, 6.07) is 6.80. The summed E-state index contributed by atoms with van der Waals surface area (Å²) >= 11 is 6.09. The number of benzene rings is 2. The standard InChI is InChI=1S/C19H20ClNO4/c1-5-18(23)25-19-14-9-8-13(20)10-15(14)17(24-12(4)22)11-16(19)21(6-2)7-3/h5,8-11H,1,6-7H2,2-4H3. The number of carbonyl (C=O) groups excluding carboxylic acids is 2. The minimum absolute atomic E-state index is 0.366. The van der Waals surface area contributed by atoms with Crippen LogP contribution in [0.1, 0.15) is 20.8 Å². The van der Waals surface area contributed by atoms with E-state index in [9.17, 15) is 9.59 Å². The Morgan fingerprint density at radius 2 is 1.84 bits per heavy atom. The topological polar surface area (TPSA) is 55.8 Å². The van der Waals surface area contributed by atoms with Crippen molar-refractivity contribution in [3.8, 4) is 11.5 Å². The lowest BCUT2D eigenvalue weighted by atomic mass is 10.1. The predicted octanol–water partition coefficient (Wildman–Crippen LogP) is 4.36. The van der Waals surface area contributed by atoms with Gasteiger partial charge in [0.1, 0.15) is 5.75 Å². The van der Waals surface area contributed by atoms with Gasteiger partial charge in [0.15, 0.2) is 5.75 Å². The molecule has 0 aliphatic carbocycles. The van der Waals surface area contributed by atoms with Crippen molar-refractivity contribution in [3.63, 3.8) is 0 Å². The van der Waals surface area contributed by atoms with Crippen LogP contribution in [-0.2, 0) is 9.59 Å². The molecule has 0 bridgehead atoms. The van der Waals surface area contributed by atoms with Crippen molar-refractivity contribution in [1.82, 2.24) is 0 Å². The van der Waals surface area contributed by atoms with Crippen molar-refractivity contribution < 1.29 is 19.1 Å². The Bertz CT molecular complexity index is 828. The van der Waals surface area contributed by atoms with Crippen LogP contribution in [0.3, 0.4) is 0 Å². The smallest absolute Gasteiger partial charge is 0.335 e. The highest BCUT2D eigenvalue weighted by Crippen LogP contribution is 2.43. The molecule has 0 radical (unpaired) electrons. The zero-order valence-corrected chi connectivity index (χ0v) is 15.2. The van der Waals surface area contributed by atoms with Gasteiger partial charge >= 0.3 is 11.9 Å². The molecule has 2 rings (SSSR count). The first-order valence-corrected chi connectivity index (χ1v) is 8.32. The molecule has 6 heteroatoms. The minimum Gasteiger partial charge on any atom is -0.426 e. The molecule has 0 aliphatic rings. The van der Waals surface area contributed by atoms with Crippen molar-refractivity contribution in [2.45, 2.75) is 20.8 Å². The van der Waals surface area contributed by atoms with Crippen LogP contribution < -0.4 is 14.4 Å². The summed E-state index contributed by atoms with van der Waals surface area (Å²) in [4.78, 5) is 25.3. The quantitative estimate of drug-likeness (QED) is 0.435. The Morgan fingerprint density at radius 3 is 2.40 bits per heavy atom. The van der Waals surface area contributed by atoms with E-state index in [1.54, 1.807) is 24.3 Å². The summed E-state index contributed by atoms with van der Waals surface area (Å²) < 4.78 is 10.9. The lowest BCUT2D eigenvalue weighted by Gasteiger charge is -2.25. The number of carbonyl (C=O) groups is 2. The van der Waals surface area contributed by atoms with E-state index in [0.29, 0.717) is 46.1 Å². The van der Waals surface area contributed by atoms with Gasteiger partial charge in [-0.2, -0.15) is 0 Å². The first-order chi connectivity index (χ1) is 11.9. The van der Waals surface area contributed by atoms with Gasteiger partial charge in [0.2, 0.25) is 0 Å². The van der Waals surface area contributed by atoms with E-state index in [0.717, 1.165) is 6.08 Å². The monoisotopic (exact) mass is 361 g/mol. The molecule has 132 valence electrons. The van der Waals surface area contributed by atoms with Crippen LogP contribution in [0, 0.1) is 0 Å². The molecule has 5 nitrogen and oxygen atoms in total. The molecular formula is C19H20ClNO4. The molecule has 0 aromatic heterocycles. The molecule has 0 atom stereocenters. The molecule has 2 aromatic rings. The third kappa shape index (κ3) is 4.12. The molecular weight excluding hydrogens is 342 g/mol. The largest absolute Gasteiger partial charge is 0.426 e. The summed E-state index contributed by atoms with van der Waals surface area (Å²) in [7, 11) is 0. The number of hydrogen-bond donors (Lipinski definition) is 0. The highest BCUT2D eigenvalue weighted by molar-refractivity contribution is 6.31. The number of nitrogens with zero attached hydrogens (tertiary/aromatic N) is 1. The van der Waals surface area contributed by atoms with Gasteiger partial charge in [-0.1, -0.05) is 18.2 Å². The van der Waals surface area contributed by atoms with Gasteiger partial charge in [-0.15, -0.1) is 0 Å². The Kier molecular flexibility index (Phi) is 6.04. The highest BCUT2D eigenvalue weighted by Gasteiger charge is 2.20. The number of halogens is 1. The predicted molar refractivity (Wildman–Crippen MR) is 99.7 cm³/mol. The number of rotatable bonds is 6. The van der Waals surface area contributed by atoms with Crippen molar-refractivity contribution >= 4 is 40.0 Å². The van der Waals surface area contributed by atoms with Gasteiger partial charge in [0, 0.05) is 48.0 Å². The average molecular weight is 362 g/mol. The summed E-state index contributed by atoms with van der Waals surface area (Å²) in [5.41, 5.74) is 0.659. The first-order valence-electron chi connectivity index (χ1n) is 7.95. The van der Waals surface area contributed by atoms with E-state index in [1.165, 1.54) is 6.92 Å². The van der Waals surface area contributed by atoms with Crippen LogP contribution in [0.25, 0.3) is 10.8 Å². The first kappa shape index (κ1) is 18.8. The molecule has 0 fully saturated rings. The Balaban J connectivity index is 2.83. The maximum Gasteiger partial charge on any atom is 0.335 e. The van der Waals surface area contributed by atoms with Crippen LogP contribution in [0.15, 0.2) is 36.9 Å². The maximum atomic E-state index is 11.8. The fourth-order valence-electron chi connectivity index (χ4n) is 2.61. The van der Waals surface area contributed by atoms with Crippen LogP contribution in [0.2, 0.25) is 5.02 Å². The molecule has 2 aromatic carbocycles. The fraction of sp³-hybridized carbons (Fsp3) is 0.263. The van der Waals surface area contributed by atoms with E-state index < -0.39 is 11.9 Å². The Labute approximate surface area is 151 Å². The van der Waals surface area contributed by atoms with Gasteiger partial charge in [-0.25, -0.2) is 4.79 Å². The second kappa shape index (κ2) is 8.03. The lowest BCUT2D eigenvalue weighted by Crippen LogP contribution is -2.23. The zero-order valence-electron chi connectivity index (χ0n) is 14.5. The summed E-state index contributed by atoms with van der Waals surface area (Å²) in [5.74, 6) is -0.256. The second-order valence-corrected chi connectivity index (χ2v) is 5.74. The van der Waals surface area contributed by atoms with Gasteiger partial charge in [-0.3, -0.25) is 4.79 Å². The van der Waals surface area contributed by atoms with E-state index in [2.05, 4.69) is 6.58 Å². The molecule has 0 saturated heterocycles. The van der Waals surface area contributed by atoms with E-state index in [4.69, 9.17) is 21.1 Å². The van der Waals surface area contributed by atoms with Gasteiger partial charge in [-0.05, 0) is 32.0 Å². The Morgan fingerprint density at radius 1 is 1.16 bits per heavy atom. The second-order valence-electron chi connectivity index (χ2n) is 5.30. The molecule has 0 unspecified atom stereocenters. The minimum atomic E-state index is -0.565. The Hall–Kier alpha value is -2.53. The SMILES string of the molecule is C=CC(=O)Oc1c(N(CC)CC)cc(OC(C)=O)c2cc(Cl)ccc12. The van der Waals surface area contributed by atoms with Gasteiger partial charge < -0.3 is 14.4 Å². The van der Waals surface area contributed by atoms with Crippen molar-refractivity contribution in [1.29, 1.82) is 0 Å². The molecule has 0 amide bonds. The number of anilines is 1. The molecule has 0 N–H and O–H groups in total. The summed E-state index contributed by atoms with van der Waals surface area (Å²) in [6.07, 6.45) is 1.10. The third-order valence-corrected chi connectivity index (χ3v) is 3.95. The van der Waals surface area contributed by atoms with E-state index >= 15 is 0 Å². The van der Waals surface area contributed by atoms with Crippen LogP contribution in [0.5, 0.6) is 11.5 Å². The number of esters is 2. The molecule has 25 heavy (non-hydrogen) atoms. The van der Waals surface area contributed by atoms with Gasteiger partial charge in [0.25, 0.3) is 0 Å². The van der Waals surface area contributed by atoms with Crippen LogP contribution >= 0.6 is 11.6 Å². The average Bonchev–Trinajstić information content (AvgIpc) is 2.58. The lowest BCUT2D eigenvalue weighted by molar-refractivity contribution is -0.132. The molecule has 0 spiro atoms. The maximum absolute atomic E-state index is 11.8. The van der Waals surface area contributed by atoms with Crippen molar-refractivity contribution in [3.05, 3.63) is 41.9 Å². The fourth-order valence-corrected chi connectivity index (χ4v) is 2.78. The van der Waals surface area contributed by atoms with Gasteiger partial charge in [0.05, 0.1) is 5.69 Å². The number of ether oxygens (including phenoxy) is 2. The normalized spacial score (nSPS) is 10.4. The van der Waals surface area contributed by atoms with Crippen molar-refractivity contribution in [2.24, 2.45) is 0 Å². The molecule has 0 heterocycles. The molecule has 0 saturated carbocycles. The summed E-state index contributed by atoms with van der Waals surface area (Å²) in [5, 5.41) is 1.70. The van der Waals surface area contributed by atoms with E-state index in [1.807, 2.05) is 18.7 Å².